The van der Waals surface area contributed by atoms with Crippen molar-refractivity contribution < 1.29 is 4.92 Å². The molecule has 0 unspecified atom stereocenters. The topological polar surface area (TPSA) is 93.0 Å². The Balaban J connectivity index is 3.44. The third-order valence-electron chi connectivity index (χ3n) is 2.03. The molecule has 5 heteroatoms. The molecule has 72 valence electrons. The van der Waals surface area contributed by atoms with Crippen LogP contribution in [0, 0.1) is 28.4 Å². The van der Waals surface area contributed by atoms with Gasteiger partial charge in [0.1, 0.15) is 0 Å². The summed E-state index contributed by atoms with van der Waals surface area (Å²) in [6, 6.07) is 4.69. The minimum Gasteiger partial charge on any atom is -0.326 e. The second-order valence-corrected chi connectivity index (χ2v) is 2.85. The maximum absolute atomic E-state index is 10.6. The number of hydrogen-bond acceptors (Lipinski definition) is 4. The molecule has 0 aromatic heterocycles. The van der Waals surface area contributed by atoms with Gasteiger partial charge in [-0.25, -0.2) is 0 Å². The number of nitrogens with zero attached hydrogens (tertiary/aromatic N) is 2. The highest BCUT2D eigenvalue weighted by molar-refractivity contribution is 5.51. The third kappa shape index (κ3) is 1.70. The summed E-state index contributed by atoms with van der Waals surface area (Å²) in [5.74, 6) is 0. The molecule has 1 aromatic carbocycles. The molecule has 0 atom stereocenters. The zero-order valence-corrected chi connectivity index (χ0v) is 7.65. The first-order valence-electron chi connectivity index (χ1n) is 3.98. The Morgan fingerprint density at radius 2 is 2.29 bits per heavy atom. The predicted octanol–water partition coefficient (Wildman–Crippen LogP) is 1.23. The molecule has 0 bridgehead atoms. The standard InChI is InChI=1S/C9H9N3O2/c1-6-8(5-11)2-7(4-10)3-9(6)12(13)14/h2-3H,5,11H2,1H3. The molecular formula is C9H9N3O2. The molecule has 1 aromatic rings. The van der Waals surface area contributed by atoms with Crippen molar-refractivity contribution >= 4 is 5.69 Å². The second-order valence-electron chi connectivity index (χ2n) is 2.85. The molecule has 0 heterocycles. The zero-order chi connectivity index (χ0) is 10.7. The quantitative estimate of drug-likeness (QED) is 0.562. The number of benzene rings is 1. The van der Waals surface area contributed by atoms with E-state index < -0.39 is 4.92 Å². The maximum Gasteiger partial charge on any atom is 0.273 e. The Labute approximate surface area is 80.9 Å². The molecular weight excluding hydrogens is 182 g/mol. The van der Waals surface area contributed by atoms with E-state index in [9.17, 15) is 10.1 Å². The van der Waals surface area contributed by atoms with Gasteiger partial charge in [-0.2, -0.15) is 5.26 Å². The van der Waals surface area contributed by atoms with E-state index >= 15 is 0 Å². The lowest BCUT2D eigenvalue weighted by Crippen LogP contribution is -2.03. The van der Waals surface area contributed by atoms with E-state index in [4.69, 9.17) is 11.0 Å². The molecule has 1 rings (SSSR count). The summed E-state index contributed by atoms with van der Waals surface area (Å²) in [7, 11) is 0. The van der Waals surface area contributed by atoms with Crippen LogP contribution in [0.15, 0.2) is 12.1 Å². The molecule has 0 radical (unpaired) electrons. The summed E-state index contributed by atoms with van der Waals surface area (Å²) in [5.41, 5.74) is 6.79. The molecule has 0 spiro atoms. The highest BCUT2D eigenvalue weighted by atomic mass is 16.6. The van der Waals surface area contributed by atoms with Gasteiger partial charge in [-0.1, -0.05) is 0 Å². The SMILES string of the molecule is Cc1c(CN)cc(C#N)cc1[N+](=O)[O-]. The number of hydrogen-bond donors (Lipinski definition) is 1. The highest BCUT2D eigenvalue weighted by Crippen LogP contribution is 2.23. The average Bonchev–Trinajstić information content (AvgIpc) is 2.17. The largest absolute Gasteiger partial charge is 0.326 e. The van der Waals surface area contributed by atoms with E-state index in [1.807, 2.05) is 6.07 Å². The first-order valence-corrected chi connectivity index (χ1v) is 3.98. The molecule has 0 aliphatic heterocycles. The summed E-state index contributed by atoms with van der Waals surface area (Å²) in [6.07, 6.45) is 0. The number of nitro groups is 1. The Bertz CT molecular complexity index is 421. The summed E-state index contributed by atoms with van der Waals surface area (Å²) in [6.45, 7) is 1.82. The molecule has 0 fully saturated rings. The van der Waals surface area contributed by atoms with Gasteiger partial charge in [0.2, 0.25) is 0 Å². The second kappa shape index (κ2) is 3.85. The van der Waals surface area contributed by atoms with Crippen LogP contribution in [0.5, 0.6) is 0 Å². The minimum atomic E-state index is -0.505. The van der Waals surface area contributed by atoms with Gasteiger partial charge in [0.25, 0.3) is 5.69 Å². The van der Waals surface area contributed by atoms with Gasteiger partial charge in [-0.3, -0.25) is 10.1 Å². The average molecular weight is 191 g/mol. The smallest absolute Gasteiger partial charge is 0.273 e. The number of rotatable bonds is 2. The molecule has 14 heavy (non-hydrogen) atoms. The van der Waals surface area contributed by atoms with Gasteiger partial charge >= 0.3 is 0 Å². The fraction of sp³-hybridized carbons (Fsp3) is 0.222. The Morgan fingerprint density at radius 1 is 1.64 bits per heavy atom. The summed E-state index contributed by atoms with van der Waals surface area (Å²) < 4.78 is 0. The summed E-state index contributed by atoms with van der Waals surface area (Å²) in [5, 5.41) is 19.3. The molecule has 0 amide bonds. The maximum atomic E-state index is 10.6. The summed E-state index contributed by atoms with van der Waals surface area (Å²) >= 11 is 0. The molecule has 5 nitrogen and oxygen atoms in total. The Morgan fingerprint density at radius 3 is 2.71 bits per heavy atom. The van der Waals surface area contributed by atoms with Crippen molar-refractivity contribution in [1.82, 2.24) is 0 Å². The highest BCUT2D eigenvalue weighted by Gasteiger charge is 2.14. The van der Waals surface area contributed by atoms with Crippen molar-refractivity contribution in [3.63, 3.8) is 0 Å². The molecule has 0 aliphatic carbocycles. The van der Waals surface area contributed by atoms with Crippen molar-refractivity contribution in [3.8, 4) is 6.07 Å². The molecule has 0 aliphatic rings. The van der Waals surface area contributed by atoms with Crippen LogP contribution >= 0.6 is 0 Å². The van der Waals surface area contributed by atoms with Gasteiger partial charge in [0.15, 0.2) is 0 Å². The normalized spacial score (nSPS) is 9.50. The van der Waals surface area contributed by atoms with E-state index in [0.717, 1.165) is 0 Å². The van der Waals surface area contributed by atoms with Crippen LogP contribution in [0.3, 0.4) is 0 Å². The number of nitro benzene ring substituents is 1. The fourth-order valence-electron chi connectivity index (χ4n) is 1.22. The van der Waals surface area contributed by atoms with Crippen LogP contribution < -0.4 is 5.73 Å². The lowest BCUT2D eigenvalue weighted by molar-refractivity contribution is -0.385. The lowest BCUT2D eigenvalue weighted by Gasteiger charge is -2.03. The van der Waals surface area contributed by atoms with Crippen LogP contribution in [-0.4, -0.2) is 4.92 Å². The Hall–Kier alpha value is -1.93. The van der Waals surface area contributed by atoms with Gasteiger partial charge in [-0.05, 0) is 18.6 Å². The third-order valence-corrected chi connectivity index (χ3v) is 2.03. The van der Waals surface area contributed by atoms with Crippen molar-refractivity contribution in [2.45, 2.75) is 13.5 Å². The van der Waals surface area contributed by atoms with Crippen LogP contribution in [0.4, 0.5) is 5.69 Å². The number of nitriles is 1. The molecule has 2 N–H and O–H groups in total. The van der Waals surface area contributed by atoms with Crippen LogP contribution in [0.25, 0.3) is 0 Å². The van der Waals surface area contributed by atoms with Gasteiger partial charge in [0.05, 0.1) is 16.6 Å². The fourth-order valence-corrected chi connectivity index (χ4v) is 1.22. The minimum absolute atomic E-state index is 0.0514. The molecule has 0 saturated carbocycles. The van der Waals surface area contributed by atoms with Crippen molar-refractivity contribution in [1.29, 1.82) is 5.26 Å². The first kappa shape index (κ1) is 10.2. The van der Waals surface area contributed by atoms with Crippen molar-refractivity contribution in [3.05, 3.63) is 38.9 Å². The lowest BCUT2D eigenvalue weighted by atomic mass is 10.0. The zero-order valence-electron chi connectivity index (χ0n) is 7.65. The number of nitrogens with two attached hydrogens (primary N) is 1. The monoisotopic (exact) mass is 191 g/mol. The predicted molar refractivity (Wildman–Crippen MR) is 50.4 cm³/mol. The van der Waals surface area contributed by atoms with E-state index in [0.29, 0.717) is 11.1 Å². The van der Waals surface area contributed by atoms with Crippen molar-refractivity contribution in [2.75, 3.05) is 0 Å². The van der Waals surface area contributed by atoms with E-state index in [1.165, 1.54) is 6.07 Å². The van der Waals surface area contributed by atoms with Gasteiger partial charge in [0, 0.05) is 18.2 Å². The van der Waals surface area contributed by atoms with Gasteiger partial charge in [-0.15, -0.1) is 0 Å². The van der Waals surface area contributed by atoms with E-state index in [-0.39, 0.29) is 17.8 Å². The van der Waals surface area contributed by atoms with Crippen molar-refractivity contribution in [2.24, 2.45) is 5.73 Å². The van der Waals surface area contributed by atoms with E-state index in [1.54, 1.807) is 13.0 Å². The van der Waals surface area contributed by atoms with Crippen LogP contribution in [-0.2, 0) is 6.54 Å². The van der Waals surface area contributed by atoms with Crippen LogP contribution in [0.1, 0.15) is 16.7 Å². The Kier molecular flexibility index (Phi) is 2.79. The van der Waals surface area contributed by atoms with E-state index in [2.05, 4.69) is 0 Å². The molecule has 0 saturated heterocycles. The summed E-state index contributed by atoms with van der Waals surface area (Å²) in [4.78, 5) is 10.1. The first-order chi connectivity index (χ1) is 6.60. The van der Waals surface area contributed by atoms with Crippen LogP contribution in [0.2, 0.25) is 0 Å². The van der Waals surface area contributed by atoms with Gasteiger partial charge < -0.3 is 5.73 Å².